The van der Waals surface area contributed by atoms with Gasteiger partial charge >= 0.3 is 0 Å². The number of benzene rings is 4. The first-order chi connectivity index (χ1) is 22.7. The van der Waals surface area contributed by atoms with Crippen LogP contribution in [-0.4, -0.2) is 57.5 Å². The summed E-state index contributed by atoms with van der Waals surface area (Å²) in [6.07, 6.45) is 0.890. The molecule has 0 saturated carbocycles. The number of carbonyl (C=O) groups is 2. The summed E-state index contributed by atoms with van der Waals surface area (Å²) < 4.78 is 55.5. The molecule has 2 amide bonds. The van der Waals surface area contributed by atoms with Crippen LogP contribution in [0.3, 0.4) is 0 Å². The molecule has 47 heavy (non-hydrogen) atoms. The second-order valence-corrected chi connectivity index (χ2v) is 13.7. The van der Waals surface area contributed by atoms with Crippen LogP contribution in [0.5, 0.6) is 11.5 Å². The Kier molecular flexibility index (Phi) is 11.2. The predicted molar refractivity (Wildman–Crippen MR) is 180 cm³/mol. The molecule has 246 valence electrons. The largest absolute Gasteiger partial charge is 0.486 e. The summed E-state index contributed by atoms with van der Waals surface area (Å²) in [5, 5.41) is 2.92. The molecule has 9 nitrogen and oxygen atoms in total. The molecule has 0 radical (unpaired) electrons. The molecule has 0 unspecified atom stereocenters. The fourth-order valence-corrected chi connectivity index (χ4v) is 6.85. The van der Waals surface area contributed by atoms with Gasteiger partial charge in [-0.25, -0.2) is 12.8 Å². The van der Waals surface area contributed by atoms with Crippen LogP contribution in [-0.2, 0) is 32.6 Å². The summed E-state index contributed by atoms with van der Waals surface area (Å²) >= 11 is 3.43. The normalized spacial score (nSPS) is 13.0. The number of nitrogens with zero attached hydrogens (tertiary/aromatic N) is 2. The van der Waals surface area contributed by atoms with Gasteiger partial charge < -0.3 is 19.7 Å². The molecule has 1 atom stereocenters. The van der Waals surface area contributed by atoms with Crippen LogP contribution in [0.2, 0.25) is 0 Å². The molecule has 0 aromatic heterocycles. The van der Waals surface area contributed by atoms with Gasteiger partial charge in [0.1, 0.15) is 31.6 Å². The van der Waals surface area contributed by atoms with Crippen molar-refractivity contribution in [2.24, 2.45) is 0 Å². The maximum absolute atomic E-state index is 14.5. The standard InChI is InChI=1S/C35H35BrFN3O6S/c1-2-18-38-35(42)31(21-25-6-4-3-5-7-25)39(23-26-8-10-27(36)11-9-26)34(41)24-40(29-14-12-28(37)13-15-29)47(43,44)30-16-17-32-33(22-30)46-20-19-45-32/h3-17,22,31H,2,18-21,23-24H2,1H3,(H,38,42)/t31-/m1/s1. The van der Waals surface area contributed by atoms with E-state index in [4.69, 9.17) is 9.47 Å². The molecule has 1 aliphatic heterocycles. The van der Waals surface area contributed by atoms with Gasteiger partial charge in [0.15, 0.2) is 11.5 Å². The highest BCUT2D eigenvalue weighted by Gasteiger charge is 2.35. The predicted octanol–water partition coefficient (Wildman–Crippen LogP) is 5.72. The topological polar surface area (TPSA) is 105 Å². The summed E-state index contributed by atoms with van der Waals surface area (Å²) in [6, 6.07) is 24.8. The van der Waals surface area contributed by atoms with E-state index in [0.29, 0.717) is 25.3 Å². The number of anilines is 1. The molecule has 12 heteroatoms. The van der Waals surface area contributed by atoms with E-state index in [0.717, 1.165) is 32.0 Å². The Balaban J connectivity index is 1.56. The van der Waals surface area contributed by atoms with Crippen molar-refractivity contribution < 1.29 is 31.9 Å². The van der Waals surface area contributed by atoms with Crippen molar-refractivity contribution in [3.63, 3.8) is 0 Å². The van der Waals surface area contributed by atoms with Crippen molar-refractivity contribution in [2.45, 2.75) is 37.2 Å². The van der Waals surface area contributed by atoms with Crippen LogP contribution < -0.4 is 19.1 Å². The van der Waals surface area contributed by atoms with E-state index in [1.54, 1.807) is 0 Å². The Morgan fingerprint density at radius 1 is 0.894 bits per heavy atom. The van der Waals surface area contributed by atoms with Gasteiger partial charge in [-0.1, -0.05) is 65.3 Å². The number of rotatable bonds is 13. The summed E-state index contributed by atoms with van der Waals surface area (Å²) in [4.78, 5) is 29.5. The number of carbonyl (C=O) groups excluding carboxylic acids is 2. The molecule has 4 aromatic rings. The lowest BCUT2D eigenvalue weighted by Gasteiger charge is -2.34. The van der Waals surface area contributed by atoms with Gasteiger partial charge in [0.05, 0.1) is 10.6 Å². The summed E-state index contributed by atoms with van der Waals surface area (Å²) in [5.74, 6) is -0.878. The maximum Gasteiger partial charge on any atom is 0.264 e. The number of halogens is 2. The van der Waals surface area contributed by atoms with Gasteiger partial charge in [0.2, 0.25) is 11.8 Å². The number of ether oxygens (including phenoxy) is 2. The highest BCUT2D eigenvalue weighted by molar-refractivity contribution is 9.10. The average molecular weight is 725 g/mol. The van der Waals surface area contributed by atoms with Crippen molar-refractivity contribution in [3.8, 4) is 11.5 Å². The Labute approximate surface area is 282 Å². The molecule has 5 rings (SSSR count). The molecule has 0 fully saturated rings. The fraction of sp³-hybridized carbons (Fsp3) is 0.257. The summed E-state index contributed by atoms with van der Waals surface area (Å²) in [7, 11) is -4.41. The van der Waals surface area contributed by atoms with Crippen LogP contribution in [0.1, 0.15) is 24.5 Å². The second kappa shape index (κ2) is 15.4. The zero-order chi connectivity index (χ0) is 33.4. The minimum absolute atomic E-state index is 0.0322. The lowest BCUT2D eigenvalue weighted by atomic mass is 10.0. The first-order valence-corrected chi connectivity index (χ1v) is 17.4. The Hall–Kier alpha value is -4.42. The average Bonchev–Trinajstić information content (AvgIpc) is 3.09. The first kappa shape index (κ1) is 33.9. The number of amides is 2. The maximum atomic E-state index is 14.5. The molecule has 0 bridgehead atoms. The highest BCUT2D eigenvalue weighted by atomic mass is 79.9. The van der Waals surface area contributed by atoms with Gasteiger partial charge in [-0.3, -0.25) is 13.9 Å². The first-order valence-electron chi connectivity index (χ1n) is 15.2. The van der Waals surface area contributed by atoms with E-state index < -0.39 is 34.3 Å². The molecule has 4 aromatic carbocycles. The quantitative estimate of drug-likeness (QED) is 0.189. The second-order valence-electron chi connectivity index (χ2n) is 10.9. The van der Waals surface area contributed by atoms with E-state index in [1.807, 2.05) is 61.5 Å². The van der Waals surface area contributed by atoms with Crippen molar-refractivity contribution in [1.29, 1.82) is 0 Å². The lowest BCUT2D eigenvalue weighted by molar-refractivity contribution is -0.140. The van der Waals surface area contributed by atoms with Gasteiger partial charge in [-0.05, 0) is 66.1 Å². The minimum Gasteiger partial charge on any atom is -0.486 e. The van der Waals surface area contributed by atoms with Crippen LogP contribution in [0.4, 0.5) is 10.1 Å². The third kappa shape index (κ3) is 8.49. The molecule has 1 heterocycles. The number of hydrogen-bond acceptors (Lipinski definition) is 6. The van der Waals surface area contributed by atoms with Crippen molar-refractivity contribution in [3.05, 3.63) is 118 Å². The Morgan fingerprint density at radius 2 is 1.57 bits per heavy atom. The van der Waals surface area contributed by atoms with Crippen LogP contribution in [0.15, 0.2) is 106 Å². The number of nitrogens with one attached hydrogen (secondary N) is 1. The van der Waals surface area contributed by atoms with Crippen LogP contribution >= 0.6 is 15.9 Å². The van der Waals surface area contributed by atoms with E-state index in [9.17, 15) is 22.4 Å². The lowest BCUT2D eigenvalue weighted by Crippen LogP contribution is -2.53. The van der Waals surface area contributed by atoms with E-state index in [2.05, 4.69) is 21.2 Å². The van der Waals surface area contributed by atoms with Gasteiger partial charge in [0, 0.05) is 30.0 Å². The van der Waals surface area contributed by atoms with Crippen molar-refractivity contribution >= 4 is 43.5 Å². The van der Waals surface area contributed by atoms with E-state index >= 15 is 0 Å². The monoisotopic (exact) mass is 723 g/mol. The molecular formula is C35H35BrFN3O6S. The Morgan fingerprint density at radius 3 is 2.26 bits per heavy atom. The highest BCUT2D eigenvalue weighted by Crippen LogP contribution is 2.34. The number of sulfonamides is 1. The van der Waals surface area contributed by atoms with Crippen molar-refractivity contribution in [2.75, 3.05) is 30.6 Å². The summed E-state index contributed by atoms with van der Waals surface area (Å²) in [6.45, 7) is 2.30. The minimum atomic E-state index is -4.41. The number of fused-ring (bicyclic) bond motifs is 1. The van der Waals surface area contributed by atoms with Gasteiger partial charge in [-0.15, -0.1) is 0 Å². The number of hydrogen-bond donors (Lipinski definition) is 1. The zero-order valence-corrected chi connectivity index (χ0v) is 28.2. The SMILES string of the molecule is CCCNC(=O)[C@@H](Cc1ccccc1)N(Cc1ccc(Br)cc1)C(=O)CN(c1ccc(F)cc1)S(=O)(=O)c1ccc2c(c1)OCCO2. The van der Waals surface area contributed by atoms with E-state index in [1.165, 1.54) is 35.2 Å². The third-order valence-corrected chi connectivity index (χ3v) is 9.88. The fourth-order valence-electron chi connectivity index (χ4n) is 5.15. The molecule has 1 aliphatic rings. The molecule has 0 saturated heterocycles. The third-order valence-electron chi connectivity index (χ3n) is 7.58. The molecule has 0 aliphatic carbocycles. The molecule has 0 spiro atoms. The smallest absolute Gasteiger partial charge is 0.264 e. The molecule has 1 N–H and O–H groups in total. The van der Waals surface area contributed by atoms with Crippen LogP contribution in [0.25, 0.3) is 0 Å². The summed E-state index contributed by atoms with van der Waals surface area (Å²) in [5.41, 5.74) is 1.65. The Bertz CT molecular complexity index is 1790. The van der Waals surface area contributed by atoms with E-state index in [-0.39, 0.29) is 41.8 Å². The van der Waals surface area contributed by atoms with Gasteiger partial charge in [0.25, 0.3) is 10.0 Å². The molecular weight excluding hydrogens is 689 g/mol. The van der Waals surface area contributed by atoms with Crippen molar-refractivity contribution in [1.82, 2.24) is 10.2 Å². The zero-order valence-electron chi connectivity index (χ0n) is 25.8. The van der Waals surface area contributed by atoms with Gasteiger partial charge in [-0.2, -0.15) is 0 Å². The van der Waals surface area contributed by atoms with Crippen LogP contribution in [0, 0.1) is 5.82 Å².